The van der Waals surface area contributed by atoms with E-state index in [-0.39, 0.29) is 5.97 Å². The zero-order valence-corrected chi connectivity index (χ0v) is 16.6. The van der Waals surface area contributed by atoms with Crippen molar-refractivity contribution in [1.29, 1.82) is 0 Å². The topological polar surface area (TPSA) is 70.4 Å². The highest BCUT2D eigenvalue weighted by Gasteiger charge is 2.16. The first-order valence-corrected chi connectivity index (χ1v) is 9.83. The van der Waals surface area contributed by atoms with Gasteiger partial charge in [-0.1, -0.05) is 26.0 Å². The van der Waals surface area contributed by atoms with Crippen molar-refractivity contribution in [2.45, 2.75) is 51.5 Å². The molecule has 1 aromatic heterocycles. The summed E-state index contributed by atoms with van der Waals surface area (Å²) in [6, 6.07) is 7.51. The van der Waals surface area contributed by atoms with E-state index >= 15 is 0 Å². The minimum atomic E-state index is -1.42. The van der Waals surface area contributed by atoms with Gasteiger partial charge >= 0.3 is 5.97 Å². The lowest BCUT2D eigenvalue weighted by Gasteiger charge is -2.09. The number of esters is 1. The smallest absolute Gasteiger partial charge is 0.302 e. The van der Waals surface area contributed by atoms with Crippen molar-refractivity contribution < 1.29 is 17.9 Å². The molecule has 0 bridgehead atoms. The van der Waals surface area contributed by atoms with Crippen LogP contribution in [0.25, 0.3) is 0 Å². The molecule has 0 radical (unpaired) electrons. The Morgan fingerprint density at radius 3 is 2.42 bits per heavy atom. The Kier molecular flexibility index (Phi) is 7.53. The molecule has 7 heteroatoms. The second-order valence-corrected chi connectivity index (χ2v) is 7.15. The van der Waals surface area contributed by atoms with Crippen LogP contribution in [-0.4, -0.2) is 33.7 Å². The largest absolute Gasteiger partial charge is 0.466 e. The lowest BCUT2D eigenvalue weighted by atomic mass is 10.1. The summed E-state index contributed by atoms with van der Waals surface area (Å²) < 4.78 is 23.6. The predicted molar refractivity (Wildman–Crippen MR) is 100 cm³/mol. The summed E-state index contributed by atoms with van der Waals surface area (Å²) in [6.45, 7) is 6.62. The monoisotopic (exact) mass is 378 g/mol. The molecule has 0 fully saturated rings. The average Bonchev–Trinajstić information content (AvgIpc) is 2.97. The van der Waals surface area contributed by atoms with Gasteiger partial charge in [-0.25, -0.2) is 4.21 Å². The lowest BCUT2D eigenvalue weighted by molar-refractivity contribution is -0.140. The normalized spacial score (nSPS) is 12.2. The fourth-order valence-electron chi connectivity index (χ4n) is 2.96. The summed E-state index contributed by atoms with van der Waals surface area (Å²) in [5.41, 5.74) is 4.46. The summed E-state index contributed by atoms with van der Waals surface area (Å²) in [5, 5.41) is 4.76. The van der Waals surface area contributed by atoms with Gasteiger partial charge in [-0.05, 0) is 36.1 Å². The van der Waals surface area contributed by atoms with Gasteiger partial charge in [-0.15, -0.1) is 0 Å². The molecule has 142 valence electrons. The van der Waals surface area contributed by atoms with Crippen LogP contribution in [0.4, 0.5) is 0 Å². The Hall–Kier alpha value is -1.99. The molecule has 26 heavy (non-hydrogen) atoms. The second kappa shape index (κ2) is 9.64. The van der Waals surface area contributed by atoms with Gasteiger partial charge in [0.05, 0.1) is 30.9 Å². The van der Waals surface area contributed by atoms with Gasteiger partial charge in [0.1, 0.15) is 0 Å². The van der Waals surface area contributed by atoms with Crippen LogP contribution in [0, 0.1) is 0 Å². The number of hydrogen-bond acceptors (Lipinski definition) is 5. The van der Waals surface area contributed by atoms with Crippen LogP contribution in [-0.2, 0) is 50.6 Å². The molecule has 0 saturated carbocycles. The van der Waals surface area contributed by atoms with E-state index in [1.54, 1.807) is 0 Å². The standard InChI is InChI=1S/C19H26N2O4S/c1-5-18-17(11-12-25-14(3)22)19(6-2)21(20-18)13-15-7-9-16(10-8-15)26(23)24-4/h7-10H,5-6,11-13H2,1-4H3. The molecular formula is C19H26N2O4S. The van der Waals surface area contributed by atoms with E-state index in [0.717, 1.165) is 24.1 Å². The van der Waals surface area contributed by atoms with Crippen LogP contribution in [0.15, 0.2) is 29.2 Å². The van der Waals surface area contributed by atoms with Crippen LogP contribution in [0.5, 0.6) is 0 Å². The van der Waals surface area contributed by atoms with Crippen molar-refractivity contribution >= 4 is 17.0 Å². The van der Waals surface area contributed by atoms with E-state index in [4.69, 9.17) is 14.0 Å². The summed E-state index contributed by atoms with van der Waals surface area (Å²) >= 11 is -1.42. The maximum absolute atomic E-state index is 11.7. The molecule has 0 aliphatic carbocycles. The maximum atomic E-state index is 11.7. The first-order valence-electron chi connectivity index (χ1n) is 8.76. The molecule has 0 spiro atoms. The zero-order chi connectivity index (χ0) is 19.1. The first kappa shape index (κ1) is 20.3. The quantitative estimate of drug-likeness (QED) is 0.628. The highest BCUT2D eigenvalue weighted by molar-refractivity contribution is 7.80. The van der Waals surface area contributed by atoms with Crippen molar-refractivity contribution in [2.24, 2.45) is 0 Å². The van der Waals surface area contributed by atoms with Crippen molar-refractivity contribution in [2.75, 3.05) is 13.7 Å². The predicted octanol–water partition coefficient (Wildman–Crippen LogP) is 2.83. The lowest BCUT2D eigenvalue weighted by Crippen LogP contribution is -2.08. The number of ether oxygens (including phenoxy) is 1. The third kappa shape index (κ3) is 5.02. The molecule has 0 saturated heterocycles. The molecule has 2 rings (SSSR count). The third-order valence-corrected chi connectivity index (χ3v) is 5.14. The molecule has 0 N–H and O–H groups in total. The van der Waals surface area contributed by atoms with E-state index < -0.39 is 11.1 Å². The second-order valence-electron chi connectivity index (χ2n) is 5.87. The number of carbonyl (C=O) groups excluding carboxylic acids is 1. The number of carbonyl (C=O) groups is 1. The molecule has 1 heterocycles. The fraction of sp³-hybridized carbons (Fsp3) is 0.474. The minimum Gasteiger partial charge on any atom is -0.466 e. The fourth-order valence-corrected chi connectivity index (χ4v) is 3.51. The van der Waals surface area contributed by atoms with Gasteiger partial charge in [-0.2, -0.15) is 5.10 Å². The van der Waals surface area contributed by atoms with Crippen molar-refractivity contribution in [3.8, 4) is 0 Å². The van der Waals surface area contributed by atoms with Crippen molar-refractivity contribution in [1.82, 2.24) is 9.78 Å². The van der Waals surface area contributed by atoms with Gasteiger partial charge in [0.2, 0.25) is 0 Å². The third-order valence-electron chi connectivity index (χ3n) is 4.18. The molecule has 1 aromatic carbocycles. The van der Waals surface area contributed by atoms with Crippen LogP contribution < -0.4 is 0 Å². The van der Waals surface area contributed by atoms with Crippen LogP contribution in [0.2, 0.25) is 0 Å². The summed E-state index contributed by atoms with van der Waals surface area (Å²) in [7, 11) is 1.42. The first-order chi connectivity index (χ1) is 12.5. The van der Waals surface area contributed by atoms with Crippen LogP contribution in [0.1, 0.15) is 43.3 Å². The zero-order valence-electron chi connectivity index (χ0n) is 15.8. The molecule has 1 atom stereocenters. The number of hydrogen-bond donors (Lipinski definition) is 0. The molecule has 0 aliphatic rings. The van der Waals surface area contributed by atoms with Gasteiger partial charge in [-0.3, -0.25) is 13.7 Å². The Bertz CT molecular complexity index is 769. The Morgan fingerprint density at radius 2 is 1.88 bits per heavy atom. The maximum Gasteiger partial charge on any atom is 0.302 e. The van der Waals surface area contributed by atoms with E-state index in [1.165, 1.54) is 25.3 Å². The molecule has 1 unspecified atom stereocenters. The van der Waals surface area contributed by atoms with Gasteiger partial charge < -0.3 is 4.74 Å². The van der Waals surface area contributed by atoms with E-state index in [0.29, 0.717) is 24.5 Å². The number of aromatic nitrogens is 2. The number of rotatable bonds is 9. The summed E-state index contributed by atoms with van der Waals surface area (Å²) in [5.74, 6) is -0.262. The highest BCUT2D eigenvalue weighted by Crippen LogP contribution is 2.19. The average molecular weight is 378 g/mol. The Balaban J connectivity index is 2.21. The Labute approximate surface area is 157 Å². The molecule has 6 nitrogen and oxygen atoms in total. The van der Waals surface area contributed by atoms with Crippen LogP contribution >= 0.6 is 0 Å². The van der Waals surface area contributed by atoms with Gasteiger partial charge in [0.15, 0.2) is 11.1 Å². The van der Waals surface area contributed by atoms with E-state index in [1.807, 2.05) is 28.9 Å². The van der Waals surface area contributed by atoms with E-state index in [9.17, 15) is 9.00 Å². The minimum absolute atomic E-state index is 0.262. The number of nitrogens with zero attached hydrogens (tertiary/aromatic N) is 2. The molecule has 0 amide bonds. The van der Waals surface area contributed by atoms with Gasteiger partial charge in [0.25, 0.3) is 0 Å². The molecule has 2 aromatic rings. The molecular weight excluding hydrogens is 352 g/mol. The summed E-state index contributed by atoms with van der Waals surface area (Å²) in [6.07, 6.45) is 2.37. The summed E-state index contributed by atoms with van der Waals surface area (Å²) in [4.78, 5) is 11.7. The van der Waals surface area contributed by atoms with Gasteiger partial charge in [0, 0.05) is 19.0 Å². The van der Waals surface area contributed by atoms with Crippen molar-refractivity contribution in [3.63, 3.8) is 0 Å². The Morgan fingerprint density at radius 1 is 1.19 bits per heavy atom. The number of aryl methyl sites for hydroxylation is 1. The molecule has 0 aliphatic heterocycles. The van der Waals surface area contributed by atoms with E-state index in [2.05, 4.69) is 13.8 Å². The number of benzene rings is 1. The SMILES string of the molecule is CCc1nn(Cc2ccc(S(=O)OC)cc2)c(CC)c1CCOC(C)=O. The highest BCUT2D eigenvalue weighted by atomic mass is 32.2. The van der Waals surface area contributed by atoms with Crippen LogP contribution in [0.3, 0.4) is 0 Å². The van der Waals surface area contributed by atoms with Crippen molar-refractivity contribution in [3.05, 3.63) is 46.8 Å².